The summed E-state index contributed by atoms with van der Waals surface area (Å²) in [4.78, 5) is 13.2. The molecule has 0 aromatic heterocycles. The van der Waals surface area contributed by atoms with Gasteiger partial charge in [-0.25, -0.2) is 17.9 Å². The van der Waals surface area contributed by atoms with Gasteiger partial charge in [0.2, 0.25) is 10.0 Å². The lowest BCUT2D eigenvalue weighted by atomic mass is 10.1. The van der Waals surface area contributed by atoms with Gasteiger partial charge in [-0.2, -0.15) is 0 Å². The van der Waals surface area contributed by atoms with E-state index in [0.29, 0.717) is 18.2 Å². The number of amides is 2. The number of carbonyl (C=O) groups excluding carboxylic acids is 1. The Morgan fingerprint density at radius 2 is 2.05 bits per heavy atom. The molecule has 1 heterocycles. The highest BCUT2D eigenvalue weighted by molar-refractivity contribution is 7.89. The summed E-state index contributed by atoms with van der Waals surface area (Å²) in [5.41, 5.74) is 5.46. The first kappa shape index (κ1) is 16.7. The normalized spacial score (nSPS) is 19.2. The van der Waals surface area contributed by atoms with Gasteiger partial charge in [0, 0.05) is 18.8 Å². The highest BCUT2D eigenvalue weighted by atomic mass is 32.2. The number of hydrogen-bond donors (Lipinski definition) is 3. The Balaban J connectivity index is 1.94. The van der Waals surface area contributed by atoms with Crippen LogP contribution in [0.15, 0.2) is 29.2 Å². The van der Waals surface area contributed by atoms with E-state index in [-0.39, 0.29) is 4.90 Å². The molecule has 0 spiro atoms. The molecule has 1 aliphatic heterocycles. The van der Waals surface area contributed by atoms with E-state index in [0.717, 1.165) is 26.1 Å². The van der Waals surface area contributed by atoms with Gasteiger partial charge in [0.05, 0.1) is 4.90 Å². The number of nitrogens with one attached hydrogen (secondary N) is 2. The van der Waals surface area contributed by atoms with Crippen LogP contribution in [0, 0.1) is 5.92 Å². The summed E-state index contributed by atoms with van der Waals surface area (Å²) in [5.74, 6) is 0.352. The van der Waals surface area contributed by atoms with Crippen molar-refractivity contribution in [1.29, 1.82) is 0 Å². The molecule has 1 aliphatic rings. The molecule has 1 aromatic carbocycles. The Morgan fingerprint density at radius 1 is 1.36 bits per heavy atom. The van der Waals surface area contributed by atoms with Crippen LogP contribution in [-0.2, 0) is 10.0 Å². The molecular weight excluding hydrogens is 304 g/mol. The fourth-order valence-corrected chi connectivity index (χ4v) is 3.65. The highest BCUT2D eigenvalue weighted by Gasteiger charge is 2.23. The summed E-state index contributed by atoms with van der Waals surface area (Å²) in [7, 11) is -3.53. The average molecular weight is 326 g/mol. The maximum atomic E-state index is 12.2. The molecule has 1 aromatic rings. The van der Waals surface area contributed by atoms with Crippen LogP contribution in [0.5, 0.6) is 0 Å². The topological polar surface area (TPSA) is 105 Å². The average Bonchev–Trinajstić information content (AvgIpc) is 2.93. The Bertz CT molecular complexity index is 615. The number of anilines is 1. The van der Waals surface area contributed by atoms with Gasteiger partial charge >= 0.3 is 6.03 Å². The number of primary amides is 1. The van der Waals surface area contributed by atoms with Gasteiger partial charge in [0.1, 0.15) is 0 Å². The first-order valence-electron chi connectivity index (χ1n) is 7.29. The van der Waals surface area contributed by atoms with Gasteiger partial charge in [-0.15, -0.1) is 0 Å². The van der Waals surface area contributed by atoms with E-state index in [1.165, 1.54) is 24.3 Å². The predicted molar refractivity (Wildman–Crippen MR) is 85.1 cm³/mol. The van der Waals surface area contributed by atoms with Crippen LogP contribution in [0.4, 0.5) is 10.5 Å². The van der Waals surface area contributed by atoms with E-state index in [1.807, 2.05) is 0 Å². The quantitative estimate of drug-likeness (QED) is 0.719. The standard InChI is InChI=1S/C14H22N4O3S/c1-2-18-8-7-11(10-18)9-16-22(20,21)13-5-3-12(4-6-13)17-14(15)19/h3-6,11,16H,2,7-10H2,1H3,(H3,15,17,19). The highest BCUT2D eigenvalue weighted by Crippen LogP contribution is 2.17. The van der Waals surface area contributed by atoms with E-state index in [1.54, 1.807) is 0 Å². The van der Waals surface area contributed by atoms with Gasteiger partial charge in [0.15, 0.2) is 0 Å². The molecule has 1 saturated heterocycles. The van der Waals surface area contributed by atoms with Crippen LogP contribution in [0.2, 0.25) is 0 Å². The predicted octanol–water partition coefficient (Wildman–Crippen LogP) is 0.797. The third-order valence-electron chi connectivity index (χ3n) is 3.81. The number of sulfonamides is 1. The Kier molecular flexibility index (Phi) is 5.38. The van der Waals surface area contributed by atoms with Crippen LogP contribution >= 0.6 is 0 Å². The largest absolute Gasteiger partial charge is 0.351 e. The van der Waals surface area contributed by atoms with E-state index < -0.39 is 16.1 Å². The number of nitrogens with zero attached hydrogens (tertiary/aromatic N) is 1. The number of nitrogens with two attached hydrogens (primary N) is 1. The van der Waals surface area contributed by atoms with Crippen molar-refractivity contribution in [1.82, 2.24) is 9.62 Å². The van der Waals surface area contributed by atoms with Crippen LogP contribution in [0.1, 0.15) is 13.3 Å². The van der Waals surface area contributed by atoms with Crippen molar-refractivity contribution in [3.05, 3.63) is 24.3 Å². The SMILES string of the molecule is CCN1CCC(CNS(=O)(=O)c2ccc(NC(N)=O)cc2)C1. The number of urea groups is 1. The van der Waals surface area contributed by atoms with Crippen molar-refractivity contribution in [3.63, 3.8) is 0 Å². The maximum Gasteiger partial charge on any atom is 0.316 e. The van der Waals surface area contributed by atoms with E-state index in [9.17, 15) is 13.2 Å². The summed E-state index contributed by atoms with van der Waals surface area (Å²) in [6.45, 7) is 5.50. The molecule has 4 N–H and O–H groups in total. The fraction of sp³-hybridized carbons (Fsp3) is 0.500. The van der Waals surface area contributed by atoms with Crippen LogP contribution in [0.25, 0.3) is 0 Å². The third-order valence-corrected chi connectivity index (χ3v) is 5.25. The monoisotopic (exact) mass is 326 g/mol. The lowest BCUT2D eigenvalue weighted by Gasteiger charge is -2.14. The van der Waals surface area contributed by atoms with Crippen molar-refractivity contribution < 1.29 is 13.2 Å². The third kappa shape index (κ3) is 4.43. The number of likely N-dealkylation sites (tertiary alicyclic amines) is 1. The second kappa shape index (κ2) is 7.08. The van der Waals surface area contributed by atoms with Crippen molar-refractivity contribution in [2.24, 2.45) is 11.7 Å². The Labute approximate surface area is 130 Å². The number of hydrogen-bond acceptors (Lipinski definition) is 4. The molecule has 1 unspecified atom stereocenters. The lowest BCUT2D eigenvalue weighted by Crippen LogP contribution is -2.31. The van der Waals surface area contributed by atoms with Gasteiger partial charge in [-0.3, -0.25) is 0 Å². The first-order chi connectivity index (χ1) is 10.4. The Hall–Kier alpha value is -1.64. The minimum atomic E-state index is -3.53. The number of rotatable bonds is 6. The van der Waals surface area contributed by atoms with Gasteiger partial charge in [0.25, 0.3) is 0 Å². The summed E-state index contributed by atoms with van der Waals surface area (Å²) < 4.78 is 27.1. The van der Waals surface area contributed by atoms with Gasteiger partial charge < -0.3 is 16.0 Å². The minimum Gasteiger partial charge on any atom is -0.351 e. The molecule has 0 bridgehead atoms. The Morgan fingerprint density at radius 3 is 2.59 bits per heavy atom. The molecule has 2 amide bonds. The van der Waals surface area contributed by atoms with Crippen LogP contribution in [-0.4, -0.2) is 45.5 Å². The summed E-state index contributed by atoms with van der Waals surface area (Å²) in [6.07, 6.45) is 1.01. The molecule has 7 nitrogen and oxygen atoms in total. The molecule has 8 heteroatoms. The summed E-state index contributed by atoms with van der Waals surface area (Å²) in [6, 6.07) is 5.22. The van der Waals surface area contributed by atoms with E-state index >= 15 is 0 Å². The molecule has 0 radical (unpaired) electrons. The molecular formula is C14H22N4O3S. The second-order valence-corrected chi connectivity index (χ2v) is 7.18. The van der Waals surface area contributed by atoms with Crippen molar-refractivity contribution in [3.8, 4) is 0 Å². The van der Waals surface area contributed by atoms with Crippen molar-refractivity contribution in [2.45, 2.75) is 18.2 Å². The molecule has 122 valence electrons. The molecule has 1 fully saturated rings. The summed E-state index contributed by atoms with van der Waals surface area (Å²) >= 11 is 0. The van der Waals surface area contributed by atoms with E-state index in [2.05, 4.69) is 21.9 Å². The number of benzene rings is 1. The molecule has 1 atom stereocenters. The lowest BCUT2D eigenvalue weighted by molar-refractivity contribution is 0.259. The molecule has 0 aliphatic carbocycles. The fourth-order valence-electron chi connectivity index (χ4n) is 2.54. The minimum absolute atomic E-state index is 0.174. The van der Waals surface area contributed by atoms with E-state index in [4.69, 9.17) is 5.73 Å². The van der Waals surface area contributed by atoms with Crippen molar-refractivity contribution in [2.75, 3.05) is 31.5 Å². The summed E-state index contributed by atoms with van der Waals surface area (Å²) in [5, 5.41) is 2.39. The van der Waals surface area contributed by atoms with Gasteiger partial charge in [-0.1, -0.05) is 6.92 Å². The molecule has 2 rings (SSSR count). The second-order valence-electron chi connectivity index (χ2n) is 5.41. The number of carbonyl (C=O) groups is 1. The first-order valence-corrected chi connectivity index (χ1v) is 8.77. The van der Waals surface area contributed by atoms with Crippen molar-refractivity contribution >= 4 is 21.7 Å². The smallest absolute Gasteiger partial charge is 0.316 e. The maximum absolute atomic E-state index is 12.2. The zero-order chi connectivity index (χ0) is 16.2. The van der Waals surface area contributed by atoms with Crippen LogP contribution in [0.3, 0.4) is 0 Å². The molecule has 22 heavy (non-hydrogen) atoms. The zero-order valence-corrected chi connectivity index (χ0v) is 13.4. The zero-order valence-electron chi connectivity index (χ0n) is 12.6. The van der Waals surface area contributed by atoms with Crippen LogP contribution < -0.4 is 15.8 Å². The van der Waals surface area contributed by atoms with Gasteiger partial charge in [-0.05, 0) is 49.7 Å². The molecule has 0 saturated carbocycles.